The van der Waals surface area contributed by atoms with Crippen molar-refractivity contribution in [2.75, 3.05) is 20.6 Å². The zero-order chi connectivity index (χ0) is 13.1. The van der Waals surface area contributed by atoms with E-state index in [9.17, 15) is 0 Å². The van der Waals surface area contributed by atoms with Gasteiger partial charge < -0.3 is 4.90 Å². The molecule has 1 aromatic rings. The molecule has 0 radical (unpaired) electrons. The average Bonchev–Trinajstić information content (AvgIpc) is 2.27. The van der Waals surface area contributed by atoms with Gasteiger partial charge in [0, 0.05) is 6.54 Å². The number of alkyl halides is 1. The van der Waals surface area contributed by atoms with Gasteiger partial charge in [-0.2, -0.15) is 0 Å². The molecule has 0 aliphatic rings. The monoisotopic (exact) mass is 253 g/mol. The molecule has 0 heterocycles. The zero-order valence-corrected chi connectivity index (χ0v) is 12.4. The SMILES string of the molecule is CC[C@](Cl)(c1cccc(C)c1)[C@@H](C)CN(C)C. The number of hydrogen-bond acceptors (Lipinski definition) is 1. The van der Waals surface area contributed by atoms with E-state index >= 15 is 0 Å². The lowest BCUT2D eigenvalue weighted by atomic mass is 9.83. The molecule has 1 nitrogen and oxygen atoms in total. The molecule has 0 aliphatic carbocycles. The van der Waals surface area contributed by atoms with Crippen molar-refractivity contribution in [1.29, 1.82) is 0 Å². The highest BCUT2D eigenvalue weighted by Crippen LogP contribution is 2.40. The van der Waals surface area contributed by atoms with Gasteiger partial charge in [-0.15, -0.1) is 11.6 Å². The fourth-order valence-corrected chi connectivity index (χ4v) is 2.62. The van der Waals surface area contributed by atoms with Crippen molar-refractivity contribution < 1.29 is 0 Å². The molecule has 17 heavy (non-hydrogen) atoms. The Morgan fingerprint density at radius 3 is 2.47 bits per heavy atom. The van der Waals surface area contributed by atoms with Crippen LogP contribution in [0.25, 0.3) is 0 Å². The third kappa shape index (κ3) is 3.46. The summed E-state index contributed by atoms with van der Waals surface area (Å²) in [7, 11) is 4.19. The lowest BCUT2D eigenvalue weighted by Crippen LogP contribution is -2.34. The smallest absolute Gasteiger partial charge is 0.0730 e. The van der Waals surface area contributed by atoms with Gasteiger partial charge in [-0.25, -0.2) is 0 Å². The number of aryl methyl sites for hydroxylation is 1. The van der Waals surface area contributed by atoms with E-state index in [1.807, 2.05) is 0 Å². The number of nitrogens with zero attached hydrogens (tertiary/aromatic N) is 1. The molecular weight excluding hydrogens is 230 g/mol. The summed E-state index contributed by atoms with van der Waals surface area (Å²) in [5, 5.41) is 0. The normalized spacial score (nSPS) is 16.9. The number of hydrogen-bond donors (Lipinski definition) is 0. The quantitative estimate of drug-likeness (QED) is 0.716. The molecule has 0 saturated carbocycles. The van der Waals surface area contributed by atoms with Gasteiger partial charge in [0.25, 0.3) is 0 Å². The molecule has 0 aliphatic heterocycles. The van der Waals surface area contributed by atoms with Crippen molar-refractivity contribution in [2.45, 2.75) is 32.1 Å². The summed E-state index contributed by atoms with van der Waals surface area (Å²) in [5.41, 5.74) is 2.52. The van der Waals surface area contributed by atoms with Crippen LogP contribution in [0, 0.1) is 12.8 Å². The number of rotatable bonds is 5. The first kappa shape index (κ1) is 14.5. The number of benzene rings is 1. The van der Waals surface area contributed by atoms with Crippen molar-refractivity contribution in [2.24, 2.45) is 5.92 Å². The largest absolute Gasteiger partial charge is 0.309 e. The second-order valence-corrected chi connectivity index (χ2v) is 5.92. The standard InChI is InChI=1S/C15H24ClN/c1-6-15(16,13(3)11-17(4)5)14-9-7-8-12(2)10-14/h7-10,13H,6,11H2,1-5H3/t13-,15+/m0/s1. The van der Waals surface area contributed by atoms with Crippen LogP contribution in [0.2, 0.25) is 0 Å². The predicted molar refractivity (Wildman–Crippen MR) is 76.7 cm³/mol. The van der Waals surface area contributed by atoms with Gasteiger partial charge in [0.15, 0.2) is 0 Å². The van der Waals surface area contributed by atoms with Gasteiger partial charge in [0.1, 0.15) is 0 Å². The van der Waals surface area contributed by atoms with Crippen LogP contribution in [-0.4, -0.2) is 25.5 Å². The second-order valence-electron chi connectivity index (χ2n) is 5.25. The molecule has 2 heteroatoms. The molecule has 0 fully saturated rings. The van der Waals surface area contributed by atoms with Crippen LogP contribution in [0.4, 0.5) is 0 Å². The van der Waals surface area contributed by atoms with E-state index < -0.39 is 0 Å². The lowest BCUT2D eigenvalue weighted by Gasteiger charge is -2.34. The van der Waals surface area contributed by atoms with Gasteiger partial charge in [-0.1, -0.05) is 43.7 Å². The summed E-state index contributed by atoms with van der Waals surface area (Å²) in [6, 6.07) is 8.57. The van der Waals surface area contributed by atoms with Gasteiger partial charge in [-0.05, 0) is 38.9 Å². The highest BCUT2D eigenvalue weighted by Gasteiger charge is 2.34. The molecule has 0 spiro atoms. The first-order valence-electron chi connectivity index (χ1n) is 6.31. The maximum Gasteiger partial charge on any atom is 0.0730 e. The molecule has 0 N–H and O–H groups in total. The van der Waals surface area contributed by atoms with E-state index in [2.05, 4.69) is 64.0 Å². The molecule has 2 atom stereocenters. The van der Waals surface area contributed by atoms with Gasteiger partial charge in [0.05, 0.1) is 4.87 Å². The Kier molecular flexibility index (Phi) is 5.03. The Morgan fingerprint density at radius 2 is 2.00 bits per heavy atom. The fourth-order valence-electron chi connectivity index (χ4n) is 2.43. The molecule has 1 aromatic carbocycles. The van der Waals surface area contributed by atoms with E-state index in [0.717, 1.165) is 13.0 Å². The second kappa shape index (κ2) is 5.88. The predicted octanol–water partition coefficient (Wildman–Crippen LogP) is 4.04. The maximum atomic E-state index is 6.89. The minimum absolute atomic E-state index is 0.254. The number of halogens is 1. The van der Waals surface area contributed by atoms with Gasteiger partial charge in [-0.3, -0.25) is 0 Å². The molecule has 0 amide bonds. The highest BCUT2D eigenvalue weighted by molar-refractivity contribution is 6.24. The van der Waals surface area contributed by atoms with E-state index in [4.69, 9.17) is 11.6 Å². The van der Waals surface area contributed by atoms with Crippen LogP contribution in [0.1, 0.15) is 31.4 Å². The molecule has 0 bridgehead atoms. The molecule has 0 unspecified atom stereocenters. The summed E-state index contributed by atoms with van der Waals surface area (Å²) in [6.07, 6.45) is 0.951. The van der Waals surface area contributed by atoms with Crippen LogP contribution >= 0.6 is 11.6 Å². The van der Waals surface area contributed by atoms with Crippen molar-refractivity contribution >= 4 is 11.6 Å². The summed E-state index contributed by atoms with van der Waals surface area (Å²) in [5.74, 6) is 0.422. The van der Waals surface area contributed by atoms with Crippen LogP contribution in [0.15, 0.2) is 24.3 Å². The third-order valence-electron chi connectivity index (χ3n) is 3.43. The van der Waals surface area contributed by atoms with Crippen molar-refractivity contribution in [3.8, 4) is 0 Å². The Balaban J connectivity index is 3.02. The minimum Gasteiger partial charge on any atom is -0.309 e. The first-order valence-corrected chi connectivity index (χ1v) is 6.68. The molecule has 0 saturated heterocycles. The fraction of sp³-hybridized carbons (Fsp3) is 0.600. The van der Waals surface area contributed by atoms with Crippen LogP contribution in [0.5, 0.6) is 0 Å². The molecule has 96 valence electrons. The first-order chi connectivity index (χ1) is 7.90. The Bertz CT molecular complexity index is 362. The van der Waals surface area contributed by atoms with Crippen molar-refractivity contribution in [3.05, 3.63) is 35.4 Å². The maximum absolute atomic E-state index is 6.89. The van der Waals surface area contributed by atoms with E-state index in [-0.39, 0.29) is 4.87 Å². The average molecular weight is 254 g/mol. The van der Waals surface area contributed by atoms with Gasteiger partial charge >= 0.3 is 0 Å². The molecular formula is C15H24ClN. The van der Waals surface area contributed by atoms with E-state index in [0.29, 0.717) is 5.92 Å². The summed E-state index contributed by atoms with van der Waals surface area (Å²) < 4.78 is 0. The highest BCUT2D eigenvalue weighted by atomic mass is 35.5. The van der Waals surface area contributed by atoms with Gasteiger partial charge in [0.2, 0.25) is 0 Å². The van der Waals surface area contributed by atoms with E-state index in [1.54, 1.807) is 0 Å². The summed E-state index contributed by atoms with van der Waals surface area (Å²) in [4.78, 5) is 1.95. The van der Waals surface area contributed by atoms with Crippen LogP contribution in [0.3, 0.4) is 0 Å². The van der Waals surface area contributed by atoms with Crippen LogP contribution < -0.4 is 0 Å². The van der Waals surface area contributed by atoms with Crippen molar-refractivity contribution in [3.63, 3.8) is 0 Å². The topological polar surface area (TPSA) is 3.24 Å². The Morgan fingerprint density at radius 1 is 1.35 bits per heavy atom. The summed E-state index contributed by atoms with van der Waals surface area (Å²) in [6.45, 7) is 7.53. The Hall–Kier alpha value is -0.530. The summed E-state index contributed by atoms with van der Waals surface area (Å²) >= 11 is 6.89. The van der Waals surface area contributed by atoms with Crippen LogP contribution in [-0.2, 0) is 4.87 Å². The van der Waals surface area contributed by atoms with E-state index in [1.165, 1.54) is 11.1 Å². The molecule has 1 rings (SSSR count). The zero-order valence-electron chi connectivity index (χ0n) is 11.6. The third-order valence-corrected chi connectivity index (χ3v) is 4.29. The Labute approximate surface area is 111 Å². The minimum atomic E-state index is -0.254. The molecule has 0 aromatic heterocycles. The van der Waals surface area contributed by atoms with Crippen molar-refractivity contribution in [1.82, 2.24) is 4.90 Å². The lowest BCUT2D eigenvalue weighted by molar-refractivity contribution is 0.278.